The molecule has 2 aliphatic rings. The van der Waals surface area contributed by atoms with Gasteiger partial charge in [0.2, 0.25) is 5.90 Å². The number of nitrogens with zero attached hydrogens (tertiary/aromatic N) is 3. The van der Waals surface area contributed by atoms with Gasteiger partial charge in [0.15, 0.2) is 0 Å². The van der Waals surface area contributed by atoms with Crippen LogP contribution in [0.5, 0.6) is 0 Å². The molecule has 0 radical (unpaired) electrons. The number of hydrogen-bond acceptors (Lipinski definition) is 4. The molecule has 2 aliphatic heterocycles. The molecule has 0 unspecified atom stereocenters. The fourth-order valence-electron chi connectivity index (χ4n) is 3.42. The van der Waals surface area contributed by atoms with Gasteiger partial charge in [-0.2, -0.15) is 0 Å². The molecule has 0 amide bonds. The van der Waals surface area contributed by atoms with E-state index in [1.807, 2.05) is 24.4 Å². The molecule has 2 atom stereocenters. The monoisotopic (exact) mass is 307 g/mol. The molecule has 1 aromatic heterocycles. The van der Waals surface area contributed by atoms with E-state index in [2.05, 4.69) is 61.0 Å². The molecule has 0 spiro atoms. The lowest BCUT2D eigenvalue weighted by molar-refractivity contribution is 0.270. The molecule has 2 aromatic rings. The summed E-state index contributed by atoms with van der Waals surface area (Å²) in [5, 5.41) is 0. The van der Waals surface area contributed by atoms with Gasteiger partial charge in [0, 0.05) is 11.9 Å². The summed E-state index contributed by atoms with van der Waals surface area (Å²) in [7, 11) is 0. The molecule has 1 aromatic carbocycles. The minimum absolute atomic E-state index is 0.152. The van der Waals surface area contributed by atoms with E-state index in [1.165, 1.54) is 5.69 Å². The zero-order valence-corrected chi connectivity index (χ0v) is 13.7. The molecule has 118 valence electrons. The second-order valence-corrected chi connectivity index (χ2v) is 7.03. The molecule has 4 heteroatoms. The van der Waals surface area contributed by atoms with Gasteiger partial charge in [-0.3, -0.25) is 4.98 Å². The molecule has 1 saturated heterocycles. The van der Waals surface area contributed by atoms with Crippen LogP contribution in [0.25, 0.3) is 0 Å². The number of benzene rings is 1. The van der Waals surface area contributed by atoms with Gasteiger partial charge in [-0.1, -0.05) is 24.3 Å². The Balaban J connectivity index is 1.77. The van der Waals surface area contributed by atoms with E-state index in [9.17, 15) is 0 Å². The summed E-state index contributed by atoms with van der Waals surface area (Å²) in [6.45, 7) is 7.04. The fraction of sp³-hybridized carbons (Fsp3) is 0.368. The van der Waals surface area contributed by atoms with Crippen LogP contribution >= 0.6 is 0 Å². The van der Waals surface area contributed by atoms with Crippen LogP contribution in [0.3, 0.4) is 0 Å². The molecule has 4 nitrogen and oxygen atoms in total. The third-order valence-electron chi connectivity index (χ3n) is 4.62. The average molecular weight is 307 g/mol. The molecule has 23 heavy (non-hydrogen) atoms. The topological polar surface area (TPSA) is 37.5 Å². The van der Waals surface area contributed by atoms with Crippen LogP contribution in [0.1, 0.15) is 32.5 Å². The first-order valence-electron chi connectivity index (χ1n) is 8.01. The SMILES string of the molecule is CC1(C)COC([C@@]2(C)[C@H](c3ccccn3)N2c2ccccc2)=N1. The maximum atomic E-state index is 5.98. The van der Waals surface area contributed by atoms with Crippen LogP contribution in [0.15, 0.2) is 59.7 Å². The Kier molecular flexibility index (Phi) is 2.98. The first kappa shape index (κ1) is 14.2. The van der Waals surface area contributed by atoms with Gasteiger partial charge in [-0.05, 0) is 45.0 Å². The number of aliphatic imine (C=N–C) groups is 1. The summed E-state index contributed by atoms with van der Waals surface area (Å²) in [5.41, 5.74) is 1.79. The van der Waals surface area contributed by atoms with Crippen molar-refractivity contribution >= 4 is 11.6 Å². The van der Waals surface area contributed by atoms with Crippen molar-refractivity contribution in [3.05, 3.63) is 60.4 Å². The van der Waals surface area contributed by atoms with Gasteiger partial charge >= 0.3 is 0 Å². The summed E-state index contributed by atoms with van der Waals surface area (Å²) in [5.74, 6) is 0.821. The van der Waals surface area contributed by atoms with Crippen LogP contribution in [0, 0.1) is 0 Å². The summed E-state index contributed by atoms with van der Waals surface area (Å²) < 4.78 is 5.98. The smallest absolute Gasteiger partial charge is 0.213 e. The predicted molar refractivity (Wildman–Crippen MR) is 91.8 cm³/mol. The summed E-state index contributed by atoms with van der Waals surface area (Å²) in [4.78, 5) is 11.7. The maximum absolute atomic E-state index is 5.98. The van der Waals surface area contributed by atoms with Crippen molar-refractivity contribution in [1.82, 2.24) is 4.98 Å². The maximum Gasteiger partial charge on any atom is 0.213 e. The van der Waals surface area contributed by atoms with Crippen LogP contribution in [0.4, 0.5) is 5.69 Å². The van der Waals surface area contributed by atoms with Crippen LogP contribution < -0.4 is 4.90 Å². The first-order chi connectivity index (χ1) is 11.0. The normalized spacial score (nSPS) is 28.2. The van der Waals surface area contributed by atoms with E-state index in [1.54, 1.807) is 0 Å². The Morgan fingerprint density at radius 2 is 1.78 bits per heavy atom. The first-order valence-corrected chi connectivity index (χ1v) is 8.01. The predicted octanol–water partition coefficient (Wildman–Crippen LogP) is 3.61. The molecule has 3 heterocycles. The quantitative estimate of drug-likeness (QED) is 0.813. The average Bonchev–Trinajstić information content (AvgIpc) is 3.03. The molecule has 0 saturated carbocycles. The van der Waals surface area contributed by atoms with Crippen LogP contribution in [-0.2, 0) is 4.74 Å². The van der Waals surface area contributed by atoms with Crippen molar-refractivity contribution in [2.75, 3.05) is 11.5 Å². The Morgan fingerprint density at radius 3 is 2.39 bits per heavy atom. The van der Waals surface area contributed by atoms with Crippen LogP contribution in [-0.4, -0.2) is 28.6 Å². The second-order valence-electron chi connectivity index (χ2n) is 7.03. The molecule has 4 rings (SSSR count). The Hall–Kier alpha value is -2.36. The van der Waals surface area contributed by atoms with Gasteiger partial charge in [-0.15, -0.1) is 0 Å². The summed E-state index contributed by atoms with van der Waals surface area (Å²) >= 11 is 0. The summed E-state index contributed by atoms with van der Waals surface area (Å²) in [6.07, 6.45) is 1.85. The molecular formula is C19H21N3O. The number of rotatable bonds is 3. The van der Waals surface area contributed by atoms with Gasteiger partial charge in [0.1, 0.15) is 18.2 Å². The molecule has 1 fully saturated rings. The van der Waals surface area contributed by atoms with Gasteiger partial charge < -0.3 is 9.64 Å². The Labute approximate surface area is 136 Å². The van der Waals surface area contributed by atoms with Crippen molar-refractivity contribution in [1.29, 1.82) is 0 Å². The van der Waals surface area contributed by atoms with E-state index >= 15 is 0 Å². The highest BCUT2D eigenvalue weighted by atomic mass is 16.5. The fourth-order valence-corrected chi connectivity index (χ4v) is 3.42. The molecule has 0 bridgehead atoms. The lowest BCUT2D eigenvalue weighted by Gasteiger charge is -2.12. The number of anilines is 1. The third-order valence-corrected chi connectivity index (χ3v) is 4.62. The summed E-state index contributed by atoms with van der Waals surface area (Å²) in [6, 6.07) is 16.6. The van der Waals surface area contributed by atoms with E-state index in [-0.39, 0.29) is 17.1 Å². The molecular weight excluding hydrogens is 286 g/mol. The third kappa shape index (κ3) is 2.21. The van der Waals surface area contributed by atoms with Gasteiger partial charge in [-0.25, -0.2) is 4.99 Å². The van der Waals surface area contributed by atoms with E-state index < -0.39 is 0 Å². The zero-order valence-electron chi connectivity index (χ0n) is 13.7. The van der Waals surface area contributed by atoms with Crippen molar-refractivity contribution in [2.24, 2.45) is 4.99 Å². The van der Waals surface area contributed by atoms with Crippen LogP contribution in [0.2, 0.25) is 0 Å². The lowest BCUT2D eigenvalue weighted by atomic mass is 10.0. The van der Waals surface area contributed by atoms with Gasteiger partial charge in [0.25, 0.3) is 0 Å². The van der Waals surface area contributed by atoms with Crippen molar-refractivity contribution in [2.45, 2.75) is 37.9 Å². The molecule has 0 N–H and O–H groups in total. The minimum atomic E-state index is -0.274. The van der Waals surface area contributed by atoms with E-state index in [4.69, 9.17) is 9.73 Å². The van der Waals surface area contributed by atoms with Crippen molar-refractivity contribution in [3.8, 4) is 0 Å². The number of ether oxygens (including phenoxy) is 1. The van der Waals surface area contributed by atoms with Gasteiger partial charge in [0.05, 0.1) is 11.2 Å². The standard InChI is InChI=1S/C19H21N3O/c1-18(2)13-23-17(21-18)19(3)16(15-11-7-8-12-20-15)22(19)14-9-5-4-6-10-14/h4-12,16H,13H2,1-3H3/t16-,19+,22?/m0/s1. The highest BCUT2D eigenvalue weighted by Gasteiger charge is 2.66. The number of para-hydroxylation sites is 1. The minimum Gasteiger partial charge on any atom is -0.477 e. The molecule has 0 aliphatic carbocycles. The zero-order chi connectivity index (χ0) is 16.1. The highest BCUT2D eigenvalue weighted by Crippen LogP contribution is 2.57. The number of pyridine rings is 1. The lowest BCUT2D eigenvalue weighted by Crippen LogP contribution is -2.26. The number of aromatic nitrogens is 1. The van der Waals surface area contributed by atoms with E-state index in [0.29, 0.717) is 6.61 Å². The Morgan fingerprint density at radius 1 is 1.04 bits per heavy atom. The largest absolute Gasteiger partial charge is 0.477 e. The van der Waals surface area contributed by atoms with Crippen molar-refractivity contribution in [3.63, 3.8) is 0 Å². The van der Waals surface area contributed by atoms with E-state index in [0.717, 1.165) is 11.6 Å². The second kappa shape index (κ2) is 4.82. The van der Waals surface area contributed by atoms with Crippen molar-refractivity contribution < 1.29 is 4.74 Å². The highest BCUT2D eigenvalue weighted by molar-refractivity contribution is 5.98. The number of hydrogen-bond donors (Lipinski definition) is 0. The Bertz CT molecular complexity index is 694.